The fourth-order valence-electron chi connectivity index (χ4n) is 1.68. The smallest absolute Gasteiger partial charge is 0.207 e. The molecule has 0 amide bonds. The molecule has 1 aromatic heterocycles. The van der Waals surface area contributed by atoms with Crippen LogP contribution in [0, 0.1) is 6.92 Å². The summed E-state index contributed by atoms with van der Waals surface area (Å²) in [6.45, 7) is 6.29. The van der Waals surface area contributed by atoms with E-state index in [9.17, 15) is 0 Å². The van der Waals surface area contributed by atoms with Gasteiger partial charge < -0.3 is 9.88 Å². The Morgan fingerprint density at radius 2 is 2.12 bits per heavy atom. The Bertz CT molecular complexity index is 517. The Balaban J connectivity index is 2.31. The topological polar surface area (TPSA) is 29.9 Å². The number of aromatic nitrogens is 2. The van der Waals surface area contributed by atoms with Crippen molar-refractivity contribution in [1.82, 2.24) is 9.55 Å². The van der Waals surface area contributed by atoms with E-state index in [1.165, 1.54) is 0 Å². The molecule has 1 N–H and O–H groups in total. The average molecular weight is 250 g/mol. The molecular weight excluding hydrogens is 234 g/mol. The van der Waals surface area contributed by atoms with Crippen molar-refractivity contribution >= 4 is 23.2 Å². The number of hydrogen-bond acceptors (Lipinski definition) is 2. The lowest BCUT2D eigenvalue weighted by Crippen LogP contribution is -2.05. The van der Waals surface area contributed by atoms with Gasteiger partial charge in [-0.1, -0.05) is 17.7 Å². The number of aryl methyl sites for hydroxylation is 1. The largest absolute Gasteiger partial charge is 0.325 e. The molecule has 17 heavy (non-hydrogen) atoms. The highest BCUT2D eigenvalue weighted by molar-refractivity contribution is 6.30. The van der Waals surface area contributed by atoms with Crippen molar-refractivity contribution in [2.24, 2.45) is 0 Å². The summed E-state index contributed by atoms with van der Waals surface area (Å²) in [6.07, 6.45) is 3.76. The van der Waals surface area contributed by atoms with Gasteiger partial charge in [0.25, 0.3) is 0 Å². The van der Waals surface area contributed by atoms with E-state index in [1.807, 2.05) is 31.3 Å². The van der Waals surface area contributed by atoms with Crippen molar-refractivity contribution in [3.63, 3.8) is 0 Å². The molecule has 0 aliphatic heterocycles. The first-order chi connectivity index (χ1) is 8.08. The second kappa shape index (κ2) is 4.80. The molecule has 0 saturated heterocycles. The molecule has 0 aliphatic carbocycles. The lowest BCUT2D eigenvalue weighted by Gasteiger charge is -2.14. The lowest BCUT2D eigenvalue weighted by atomic mass is 10.2. The quantitative estimate of drug-likeness (QED) is 0.885. The van der Waals surface area contributed by atoms with E-state index in [1.54, 1.807) is 6.20 Å². The van der Waals surface area contributed by atoms with Crippen molar-refractivity contribution in [3.8, 4) is 0 Å². The molecule has 4 heteroatoms. The SMILES string of the molecule is Cc1ccc(Cl)cc1Nc1nccn1C(C)C. The van der Waals surface area contributed by atoms with Crippen LogP contribution in [0.25, 0.3) is 0 Å². The van der Waals surface area contributed by atoms with Gasteiger partial charge in [-0.05, 0) is 38.5 Å². The van der Waals surface area contributed by atoms with Crippen LogP contribution in [-0.4, -0.2) is 9.55 Å². The molecule has 90 valence electrons. The maximum absolute atomic E-state index is 5.99. The maximum Gasteiger partial charge on any atom is 0.207 e. The predicted molar refractivity (Wildman–Crippen MR) is 72.1 cm³/mol. The summed E-state index contributed by atoms with van der Waals surface area (Å²) in [5.41, 5.74) is 2.14. The first kappa shape index (κ1) is 12.0. The normalized spacial score (nSPS) is 10.9. The van der Waals surface area contributed by atoms with E-state index in [0.717, 1.165) is 22.2 Å². The van der Waals surface area contributed by atoms with Crippen molar-refractivity contribution in [3.05, 3.63) is 41.2 Å². The zero-order chi connectivity index (χ0) is 12.4. The summed E-state index contributed by atoms with van der Waals surface area (Å²) in [4.78, 5) is 4.31. The number of nitrogens with zero attached hydrogens (tertiary/aromatic N) is 2. The van der Waals surface area contributed by atoms with E-state index >= 15 is 0 Å². The fraction of sp³-hybridized carbons (Fsp3) is 0.308. The van der Waals surface area contributed by atoms with Gasteiger partial charge >= 0.3 is 0 Å². The molecule has 2 rings (SSSR count). The average Bonchev–Trinajstić information content (AvgIpc) is 2.71. The molecule has 1 aromatic carbocycles. The predicted octanol–water partition coefficient (Wildman–Crippen LogP) is 4.17. The standard InChI is InChI=1S/C13H16ClN3/c1-9(2)17-7-6-15-13(17)16-12-8-11(14)5-4-10(12)3/h4-9H,1-3H3,(H,15,16). The summed E-state index contributed by atoms with van der Waals surface area (Å²) in [5.74, 6) is 0.838. The van der Waals surface area contributed by atoms with E-state index < -0.39 is 0 Å². The number of hydrogen-bond donors (Lipinski definition) is 1. The minimum atomic E-state index is 0.375. The van der Waals surface area contributed by atoms with Gasteiger partial charge in [-0.25, -0.2) is 4.98 Å². The third-order valence-electron chi connectivity index (χ3n) is 2.67. The summed E-state index contributed by atoms with van der Waals surface area (Å²) in [7, 11) is 0. The summed E-state index contributed by atoms with van der Waals surface area (Å²) in [5, 5.41) is 4.03. The maximum atomic E-state index is 5.99. The van der Waals surface area contributed by atoms with E-state index in [2.05, 4.69) is 28.7 Å². The van der Waals surface area contributed by atoms with Crippen LogP contribution in [-0.2, 0) is 0 Å². The molecule has 0 spiro atoms. The molecule has 0 aliphatic rings. The van der Waals surface area contributed by atoms with Crippen LogP contribution < -0.4 is 5.32 Å². The molecule has 0 bridgehead atoms. The minimum absolute atomic E-state index is 0.375. The van der Waals surface area contributed by atoms with Crippen LogP contribution in [0.2, 0.25) is 5.02 Å². The highest BCUT2D eigenvalue weighted by Gasteiger charge is 2.07. The summed E-state index contributed by atoms with van der Waals surface area (Å²) >= 11 is 5.99. The van der Waals surface area contributed by atoms with Crippen molar-refractivity contribution in [2.45, 2.75) is 26.8 Å². The van der Waals surface area contributed by atoms with Crippen molar-refractivity contribution in [1.29, 1.82) is 0 Å². The number of anilines is 2. The molecular formula is C13H16ClN3. The van der Waals surface area contributed by atoms with Crippen LogP contribution in [0.3, 0.4) is 0 Å². The molecule has 1 heterocycles. The molecule has 0 fully saturated rings. The van der Waals surface area contributed by atoms with Gasteiger partial charge in [-0.15, -0.1) is 0 Å². The van der Waals surface area contributed by atoms with Crippen molar-refractivity contribution in [2.75, 3.05) is 5.32 Å². The summed E-state index contributed by atoms with van der Waals surface area (Å²) in [6, 6.07) is 6.17. The van der Waals surface area contributed by atoms with Crippen LogP contribution in [0.4, 0.5) is 11.6 Å². The monoisotopic (exact) mass is 249 g/mol. The molecule has 0 radical (unpaired) electrons. The zero-order valence-electron chi connectivity index (χ0n) is 10.2. The fourth-order valence-corrected chi connectivity index (χ4v) is 1.85. The number of rotatable bonds is 3. The second-order valence-corrected chi connectivity index (χ2v) is 4.77. The Hall–Kier alpha value is -1.48. The first-order valence-corrected chi connectivity index (χ1v) is 6.01. The van der Waals surface area contributed by atoms with Gasteiger partial charge in [-0.2, -0.15) is 0 Å². The third-order valence-corrected chi connectivity index (χ3v) is 2.91. The third kappa shape index (κ3) is 2.61. The Kier molecular flexibility index (Phi) is 3.38. The first-order valence-electron chi connectivity index (χ1n) is 5.64. The Morgan fingerprint density at radius 3 is 2.82 bits per heavy atom. The van der Waals surface area contributed by atoms with Gasteiger partial charge in [0.2, 0.25) is 5.95 Å². The zero-order valence-corrected chi connectivity index (χ0v) is 11.0. The summed E-state index contributed by atoms with van der Waals surface area (Å²) < 4.78 is 2.08. The number of halogens is 1. The molecule has 2 aromatic rings. The van der Waals surface area contributed by atoms with Crippen LogP contribution in [0.5, 0.6) is 0 Å². The van der Waals surface area contributed by atoms with Gasteiger partial charge in [0, 0.05) is 29.1 Å². The second-order valence-electron chi connectivity index (χ2n) is 4.34. The van der Waals surface area contributed by atoms with Crippen LogP contribution in [0.1, 0.15) is 25.5 Å². The number of imidazole rings is 1. The van der Waals surface area contributed by atoms with Crippen LogP contribution >= 0.6 is 11.6 Å². The van der Waals surface area contributed by atoms with E-state index in [-0.39, 0.29) is 0 Å². The number of nitrogens with one attached hydrogen (secondary N) is 1. The lowest BCUT2D eigenvalue weighted by molar-refractivity contribution is 0.608. The highest BCUT2D eigenvalue weighted by Crippen LogP contribution is 2.24. The Labute approximate surface area is 106 Å². The number of benzene rings is 1. The van der Waals surface area contributed by atoms with E-state index in [4.69, 9.17) is 11.6 Å². The van der Waals surface area contributed by atoms with Gasteiger partial charge in [0.15, 0.2) is 0 Å². The minimum Gasteiger partial charge on any atom is -0.325 e. The molecule has 0 saturated carbocycles. The molecule has 0 unspecified atom stereocenters. The van der Waals surface area contributed by atoms with Gasteiger partial charge in [-0.3, -0.25) is 0 Å². The van der Waals surface area contributed by atoms with Gasteiger partial charge in [0.05, 0.1) is 0 Å². The van der Waals surface area contributed by atoms with E-state index in [0.29, 0.717) is 6.04 Å². The highest BCUT2D eigenvalue weighted by atomic mass is 35.5. The van der Waals surface area contributed by atoms with Crippen molar-refractivity contribution < 1.29 is 0 Å². The molecule has 0 atom stereocenters. The van der Waals surface area contributed by atoms with Gasteiger partial charge in [0.1, 0.15) is 0 Å². The molecule has 3 nitrogen and oxygen atoms in total. The van der Waals surface area contributed by atoms with Crippen LogP contribution in [0.15, 0.2) is 30.6 Å². The Morgan fingerprint density at radius 1 is 1.35 bits per heavy atom.